The Balaban J connectivity index is 1.64. The van der Waals surface area contributed by atoms with E-state index in [1.54, 1.807) is 0 Å². The van der Waals surface area contributed by atoms with Crippen molar-refractivity contribution in [1.82, 2.24) is 9.55 Å². The fraction of sp³-hybridized carbons (Fsp3) is 0.200. The number of rotatable bonds is 7. The van der Waals surface area contributed by atoms with Crippen LogP contribution in [-0.2, 0) is 6.54 Å². The van der Waals surface area contributed by atoms with Crippen molar-refractivity contribution in [3.05, 3.63) is 90.0 Å². The molecule has 0 fully saturated rings. The Morgan fingerprint density at radius 2 is 1.55 bits per heavy atom. The lowest BCUT2D eigenvalue weighted by atomic mass is 10.2. The number of benzene rings is 3. The minimum absolute atomic E-state index is 0.725. The van der Waals surface area contributed by atoms with Gasteiger partial charge in [0.1, 0.15) is 0 Å². The molecule has 0 aliphatic rings. The first-order valence-corrected chi connectivity index (χ1v) is 10.2. The van der Waals surface area contributed by atoms with Crippen LogP contribution in [-0.4, -0.2) is 28.9 Å². The van der Waals surface area contributed by atoms with Gasteiger partial charge in [-0.25, -0.2) is 9.98 Å². The summed E-state index contributed by atoms with van der Waals surface area (Å²) in [5.41, 5.74) is 5.60. The van der Waals surface area contributed by atoms with Gasteiger partial charge in [-0.3, -0.25) is 0 Å². The predicted octanol–water partition coefficient (Wildman–Crippen LogP) is 5.68. The molecule has 3 aromatic carbocycles. The fourth-order valence-corrected chi connectivity index (χ4v) is 3.58. The quantitative estimate of drug-likeness (QED) is 0.385. The molecule has 1 heterocycles. The van der Waals surface area contributed by atoms with Gasteiger partial charge in [-0.15, -0.1) is 0 Å². The van der Waals surface area contributed by atoms with Crippen molar-refractivity contribution in [2.24, 2.45) is 4.99 Å². The molecule has 0 radical (unpaired) electrons. The molecular formula is C25H26N4. The lowest BCUT2D eigenvalue weighted by molar-refractivity contribution is 0.827. The van der Waals surface area contributed by atoms with Gasteiger partial charge in [-0.1, -0.05) is 54.6 Å². The van der Waals surface area contributed by atoms with Crippen LogP contribution < -0.4 is 4.90 Å². The highest BCUT2D eigenvalue weighted by Gasteiger charge is 2.10. The maximum Gasteiger partial charge on any atom is 0.230 e. The SMILES string of the molecule is CCN(CC)c1ccc(C=Nc2nc3ccccc3n2Cc2ccccc2)cc1. The summed E-state index contributed by atoms with van der Waals surface area (Å²) >= 11 is 0. The van der Waals surface area contributed by atoms with E-state index in [4.69, 9.17) is 9.98 Å². The van der Waals surface area contributed by atoms with Crippen LogP contribution in [0.3, 0.4) is 0 Å². The first-order valence-electron chi connectivity index (χ1n) is 10.2. The van der Waals surface area contributed by atoms with Gasteiger partial charge in [0.05, 0.1) is 17.6 Å². The summed E-state index contributed by atoms with van der Waals surface area (Å²) in [7, 11) is 0. The fourth-order valence-electron chi connectivity index (χ4n) is 3.58. The van der Waals surface area contributed by atoms with E-state index in [0.29, 0.717) is 0 Å². The van der Waals surface area contributed by atoms with Crippen LogP contribution in [0.2, 0.25) is 0 Å². The van der Waals surface area contributed by atoms with E-state index in [1.807, 2.05) is 30.5 Å². The number of hydrogen-bond donors (Lipinski definition) is 0. The highest BCUT2D eigenvalue weighted by atomic mass is 15.2. The number of fused-ring (bicyclic) bond motifs is 1. The van der Waals surface area contributed by atoms with Crippen molar-refractivity contribution in [1.29, 1.82) is 0 Å². The number of anilines is 1. The normalized spacial score (nSPS) is 11.4. The summed E-state index contributed by atoms with van der Waals surface area (Å²) in [6.07, 6.45) is 1.90. The zero-order valence-electron chi connectivity index (χ0n) is 17.0. The Kier molecular flexibility index (Phi) is 5.71. The molecule has 0 bridgehead atoms. The van der Waals surface area contributed by atoms with Crippen molar-refractivity contribution in [3.63, 3.8) is 0 Å². The third-order valence-electron chi connectivity index (χ3n) is 5.17. The molecule has 29 heavy (non-hydrogen) atoms. The van der Waals surface area contributed by atoms with E-state index in [1.165, 1.54) is 11.3 Å². The molecule has 0 aliphatic heterocycles. The van der Waals surface area contributed by atoms with Crippen LogP contribution in [0.5, 0.6) is 0 Å². The summed E-state index contributed by atoms with van der Waals surface area (Å²) in [5, 5.41) is 0. The van der Waals surface area contributed by atoms with Crippen LogP contribution in [0.1, 0.15) is 25.0 Å². The van der Waals surface area contributed by atoms with E-state index >= 15 is 0 Å². The summed E-state index contributed by atoms with van der Waals surface area (Å²) in [6, 6.07) is 27.2. The minimum atomic E-state index is 0.725. The number of nitrogens with zero attached hydrogens (tertiary/aromatic N) is 4. The molecule has 0 atom stereocenters. The number of aliphatic imine (C=N–C) groups is 1. The minimum Gasteiger partial charge on any atom is -0.372 e. The lowest BCUT2D eigenvalue weighted by Crippen LogP contribution is -2.21. The molecule has 0 saturated heterocycles. The zero-order chi connectivity index (χ0) is 20.1. The third-order valence-corrected chi connectivity index (χ3v) is 5.17. The summed E-state index contributed by atoms with van der Waals surface area (Å²) in [5.74, 6) is 0.725. The molecule has 146 valence electrons. The van der Waals surface area contributed by atoms with Crippen LogP contribution in [0.4, 0.5) is 11.6 Å². The average Bonchev–Trinajstić information content (AvgIpc) is 3.12. The van der Waals surface area contributed by atoms with Gasteiger partial charge in [-0.05, 0) is 49.2 Å². The van der Waals surface area contributed by atoms with Gasteiger partial charge in [0.2, 0.25) is 5.95 Å². The highest BCUT2D eigenvalue weighted by molar-refractivity contribution is 5.84. The van der Waals surface area contributed by atoms with Crippen LogP contribution >= 0.6 is 0 Å². The molecular weight excluding hydrogens is 356 g/mol. The Morgan fingerprint density at radius 3 is 2.28 bits per heavy atom. The molecule has 4 nitrogen and oxygen atoms in total. The summed E-state index contributed by atoms with van der Waals surface area (Å²) in [6.45, 7) is 7.11. The second kappa shape index (κ2) is 8.74. The molecule has 4 heteroatoms. The topological polar surface area (TPSA) is 33.4 Å². The number of hydrogen-bond acceptors (Lipinski definition) is 3. The van der Waals surface area contributed by atoms with Gasteiger partial charge >= 0.3 is 0 Å². The molecule has 0 N–H and O–H groups in total. The molecule has 0 spiro atoms. The summed E-state index contributed by atoms with van der Waals surface area (Å²) < 4.78 is 2.17. The van der Waals surface area contributed by atoms with Gasteiger partial charge < -0.3 is 9.47 Å². The van der Waals surface area contributed by atoms with Crippen molar-refractivity contribution in [2.75, 3.05) is 18.0 Å². The second-order valence-corrected chi connectivity index (χ2v) is 6.99. The Labute approximate surface area is 172 Å². The molecule has 4 aromatic rings. The molecule has 1 aromatic heterocycles. The Hall–Kier alpha value is -3.40. The van der Waals surface area contributed by atoms with Gasteiger partial charge in [0.15, 0.2) is 0 Å². The first-order chi connectivity index (χ1) is 14.3. The largest absolute Gasteiger partial charge is 0.372 e. The van der Waals surface area contributed by atoms with Crippen molar-refractivity contribution >= 4 is 28.9 Å². The predicted molar refractivity (Wildman–Crippen MR) is 123 cm³/mol. The van der Waals surface area contributed by atoms with Gasteiger partial charge in [0.25, 0.3) is 0 Å². The summed E-state index contributed by atoms with van der Waals surface area (Å²) in [4.78, 5) is 11.8. The van der Waals surface area contributed by atoms with Gasteiger partial charge in [0, 0.05) is 25.0 Å². The van der Waals surface area contributed by atoms with Crippen molar-refractivity contribution in [3.8, 4) is 0 Å². The van der Waals surface area contributed by atoms with E-state index in [9.17, 15) is 0 Å². The standard InChI is InChI=1S/C25H26N4/c1-3-28(4-2)22-16-14-20(15-17-22)18-26-25-27-23-12-8-9-13-24(23)29(25)19-21-10-6-5-7-11-21/h5-18H,3-4,19H2,1-2H3. The lowest BCUT2D eigenvalue weighted by Gasteiger charge is -2.20. The van der Waals surface area contributed by atoms with Crippen LogP contribution in [0.15, 0.2) is 83.9 Å². The number of aromatic nitrogens is 2. The molecule has 0 saturated carbocycles. The van der Waals surface area contributed by atoms with Crippen LogP contribution in [0, 0.1) is 0 Å². The Bertz CT molecular complexity index is 1090. The molecule has 0 amide bonds. The van der Waals surface area contributed by atoms with Crippen molar-refractivity contribution < 1.29 is 0 Å². The highest BCUT2D eigenvalue weighted by Crippen LogP contribution is 2.23. The smallest absolute Gasteiger partial charge is 0.230 e. The van der Waals surface area contributed by atoms with E-state index in [-0.39, 0.29) is 0 Å². The monoisotopic (exact) mass is 382 g/mol. The second-order valence-electron chi connectivity index (χ2n) is 6.99. The number of para-hydroxylation sites is 2. The van der Waals surface area contributed by atoms with E-state index in [2.05, 4.69) is 77.9 Å². The maximum absolute atomic E-state index is 4.75. The third kappa shape index (κ3) is 4.21. The van der Waals surface area contributed by atoms with E-state index < -0.39 is 0 Å². The Morgan fingerprint density at radius 1 is 0.862 bits per heavy atom. The average molecular weight is 383 g/mol. The van der Waals surface area contributed by atoms with E-state index in [0.717, 1.165) is 42.2 Å². The number of imidazole rings is 1. The maximum atomic E-state index is 4.75. The molecule has 0 aliphatic carbocycles. The molecule has 0 unspecified atom stereocenters. The van der Waals surface area contributed by atoms with Crippen molar-refractivity contribution in [2.45, 2.75) is 20.4 Å². The molecule has 4 rings (SSSR count). The first kappa shape index (κ1) is 18.9. The zero-order valence-corrected chi connectivity index (χ0v) is 17.0. The van der Waals surface area contributed by atoms with Gasteiger partial charge in [-0.2, -0.15) is 0 Å². The van der Waals surface area contributed by atoms with Crippen LogP contribution in [0.25, 0.3) is 11.0 Å².